The third-order valence-corrected chi connectivity index (χ3v) is 3.68. The number of nitrogens with zero attached hydrogens (tertiary/aromatic N) is 2. The van der Waals surface area contributed by atoms with E-state index in [0.29, 0.717) is 23.9 Å². The van der Waals surface area contributed by atoms with Gasteiger partial charge >= 0.3 is 0 Å². The smallest absolute Gasteiger partial charge is 0.280 e. The van der Waals surface area contributed by atoms with E-state index < -0.39 is 11.5 Å². The molecule has 6 nitrogen and oxygen atoms in total. The van der Waals surface area contributed by atoms with Gasteiger partial charge in [-0.15, -0.1) is 0 Å². The summed E-state index contributed by atoms with van der Waals surface area (Å²) in [5.74, 6) is -1.00. The number of carbonyl (C=O) groups is 1. The van der Waals surface area contributed by atoms with Crippen LogP contribution in [0.4, 0.5) is 0 Å². The van der Waals surface area contributed by atoms with Gasteiger partial charge in [-0.25, -0.2) is 5.43 Å². The fourth-order valence-corrected chi connectivity index (χ4v) is 2.32. The lowest BCUT2D eigenvalue weighted by atomic mass is 10.1. The summed E-state index contributed by atoms with van der Waals surface area (Å²) in [5.41, 5.74) is 2.90. The molecular formula is C17H21N3O3. The van der Waals surface area contributed by atoms with Crippen molar-refractivity contribution in [1.82, 2.24) is 9.99 Å². The standard InChI is InChI=1S/C17H21N3O3/c1-4-10-20-13-9-7-6-8-12(13)15(21)14(17(20)23)16(22)19-18-11(3)5-2/h6-9,21H,4-5,10H2,1-3H3,(H,19,22). The molecule has 0 aliphatic rings. The topological polar surface area (TPSA) is 83.7 Å². The van der Waals surface area contributed by atoms with Gasteiger partial charge < -0.3 is 9.67 Å². The van der Waals surface area contributed by atoms with E-state index in [0.717, 1.165) is 12.1 Å². The highest BCUT2D eigenvalue weighted by Gasteiger charge is 2.21. The van der Waals surface area contributed by atoms with Crippen LogP contribution in [0, 0.1) is 0 Å². The number of benzene rings is 1. The Morgan fingerprint density at radius 3 is 2.65 bits per heavy atom. The quantitative estimate of drug-likeness (QED) is 0.657. The summed E-state index contributed by atoms with van der Waals surface area (Å²) in [7, 11) is 0. The van der Waals surface area contributed by atoms with E-state index in [1.54, 1.807) is 31.2 Å². The maximum atomic E-state index is 12.6. The van der Waals surface area contributed by atoms with Crippen LogP contribution in [0.1, 0.15) is 44.0 Å². The molecule has 1 heterocycles. The Balaban J connectivity index is 2.64. The molecule has 2 N–H and O–H groups in total. The normalized spacial score (nSPS) is 11.7. The number of aromatic hydroxyl groups is 1. The Bertz CT molecular complexity index is 822. The predicted octanol–water partition coefficient (Wildman–Crippen LogP) is 2.63. The second kappa shape index (κ2) is 7.09. The number of hydrazone groups is 1. The minimum Gasteiger partial charge on any atom is -0.506 e. The first kappa shape index (κ1) is 16.7. The Morgan fingerprint density at radius 2 is 2.00 bits per heavy atom. The second-order valence-corrected chi connectivity index (χ2v) is 5.34. The SMILES string of the molecule is CCCn1c(=O)c(C(=O)NN=C(C)CC)c(O)c2ccccc21. The first-order valence-corrected chi connectivity index (χ1v) is 7.69. The third-order valence-electron chi connectivity index (χ3n) is 3.68. The lowest BCUT2D eigenvalue weighted by Gasteiger charge is -2.13. The van der Waals surface area contributed by atoms with E-state index in [4.69, 9.17) is 0 Å². The number of amides is 1. The number of hydrogen-bond acceptors (Lipinski definition) is 4. The number of carbonyl (C=O) groups excluding carboxylic acids is 1. The summed E-state index contributed by atoms with van der Waals surface area (Å²) in [5, 5.41) is 14.8. The van der Waals surface area contributed by atoms with Crippen LogP contribution < -0.4 is 11.0 Å². The summed E-state index contributed by atoms with van der Waals surface area (Å²) in [4.78, 5) is 25.0. The summed E-state index contributed by atoms with van der Waals surface area (Å²) in [6.45, 7) is 6.10. The number of fused-ring (bicyclic) bond motifs is 1. The van der Waals surface area contributed by atoms with Gasteiger partial charge in [0.25, 0.3) is 11.5 Å². The summed E-state index contributed by atoms with van der Waals surface area (Å²) < 4.78 is 1.51. The van der Waals surface area contributed by atoms with E-state index in [-0.39, 0.29) is 11.3 Å². The summed E-state index contributed by atoms with van der Waals surface area (Å²) in [6, 6.07) is 6.99. The molecule has 122 valence electrons. The molecule has 1 aromatic heterocycles. The van der Waals surface area contributed by atoms with Gasteiger partial charge in [-0.1, -0.05) is 26.0 Å². The molecule has 0 unspecified atom stereocenters. The molecule has 2 aromatic rings. The van der Waals surface area contributed by atoms with Crippen LogP contribution in [0.5, 0.6) is 5.75 Å². The van der Waals surface area contributed by atoms with Crippen LogP contribution in [0.15, 0.2) is 34.2 Å². The highest BCUT2D eigenvalue weighted by Crippen LogP contribution is 2.26. The lowest BCUT2D eigenvalue weighted by Crippen LogP contribution is -2.32. The molecule has 1 aromatic carbocycles. The lowest BCUT2D eigenvalue weighted by molar-refractivity contribution is 0.0950. The van der Waals surface area contributed by atoms with Crippen molar-refractivity contribution in [3.05, 3.63) is 40.2 Å². The van der Waals surface area contributed by atoms with E-state index >= 15 is 0 Å². The number of para-hydroxylation sites is 1. The minimum absolute atomic E-state index is 0.273. The van der Waals surface area contributed by atoms with Gasteiger partial charge in [-0.05, 0) is 31.9 Å². The number of aryl methyl sites for hydroxylation is 1. The maximum absolute atomic E-state index is 12.6. The molecule has 0 saturated heterocycles. The van der Waals surface area contributed by atoms with Crippen molar-refractivity contribution in [3.63, 3.8) is 0 Å². The van der Waals surface area contributed by atoms with Gasteiger partial charge in [0, 0.05) is 17.6 Å². The first-order valence-electron chi connectivity index (χ1n) is 7.69. The van der Waals surface area contributed by atoms with Crippen LogP contribution in [0.25, 0.3) is 10.9 Å². The fraction of sp³-hybridized carbons (Fsp3) is 0.353. The fourth-order valence-electron chi connectivity index (χ4n) is 2.32. The molecule has 0 fully saturated rings. The van der Waals surface area contributed by atoms with Gasteiger partial charge in [0.15, 0.2) is 0 Å². The highest BCUT2D eigenvalue weighted by atomic mass is 16.3. The van der Waals surface area contributed by atoms with Crippen molar-refractivity contribution in [2.24, 2.45) is 5.10 Å². The zero-order valence-corrected chi connectivity index (χ0v) is 13.6. The van der Waals surface area contributed by atoms with Gasteiger partial charge in [0.1, 0.15) is 11.3 Å². The van der Waals surface area contributed by atoms with Gasteiger partial charge in [-0.2, -0.15) is 5.10 Å². The van der Waals surface area contributed by atoms with Crippen molar-refractivity contribution in [3.8, 4) is 5.75 Å². The van der Waals surface area contributed by atoms with Gasteiger partial charge in [0.05, 0.1) is 5.52 Å². The van der Waals surface area contributed by atoms with E-state index in [9.17, 15) is 14.7 Å². The zero-order chi connectivity index (χ0) is 17.0. The van der Waals surface area contributed by atoms with Crippen molar-refractivity contribution < 1.29 is 9.90 Å². The van der Waals surface area contributed by atoms with Crippen molar-refractivity contribution in [2.75, 3.05) is 0 Å². The van der Waals surface area contributed by atoms with Crippen LogP contribution in [0.3, 0.4) is 0 Å². The zero-order valence-electron chi connectivity index (χ0n) is 13.6. The van der Waals surface area contributed by atoms with Crippen molar-refractivity contribution in [2.45, 2.75) is 40.2 Å². The second-order valence-electron chi connectivity index (χ2n) is 5.34. The van der Waals surface area contributed by atoms with Crippen LogP contribution >= 0.6 is 0 Å². The number of nitrogens with one attached hydrogen (secondary N) is 1. The predicted molar refractivity (Wildman–Crippen MR) is 91.0 cm³/mol. The molecule has 0 radical (unpaired) electrons. The van der Waals surface area contributed by atoms with Crippen LogP contribution in [-0.4, -0.2) is 21.3 Å². The number of hydrogen-bond donors (Lipinski definition) is 2. The van der Waals surface area contributed by atoms with Crippen molar-refractivity contribution >= 4 is 22.5 Å². The van der Waals surface area contributed by atoms with E-state index in [2.05, 4.69) is 10.5 Å². The Hall–Kier alpha value is -2.63. The monoisotopic (exact) mass is 315 g/mol. The molecule has 0 aliphatic carbocycles. The first-order chi connectivity index (χ1) is 11.0. The molecule has 0 atom stereocenters. The third kappa shape index (κ3) is 3.26. The summed E-state index contributed by atoms with van der Waals surface area (Å²) >= 11 is 0. The Kier molecular flexibility index (Phi) is 5.16. The molecule has 0 bridgehead atoms. The minimum atomic E-state index is -0.698. The van der Waals surface area contributed by atoms with Crippen LogP contribution in [0.2, 0.25) is 0 Å². The van der Waals surface area contributed by atoms with E-state index in [1.165, 1.54) is 4.57 Å². The average molecular weight is 315 g/mol. The summed E-state index contributed by atoms with van der Waals surface area (Å²) in [6.07, 6.45) is 1.42. The molecule has 0 spiro atoms. The largest absolute Gasteiger partial charge is 0.506 e. The maximum Gasteiger partial charge on any atom is 0.280 e. The number of aromatic nitrogens is 1. The van der Waals surface area contributed by atoms with Crippen LogP contribution in [-0.2, 0) is 6.54 Å². The molecule has 1 amide bonds. The molecule has 0 aliphatic heterocycles. The number of pyridine rings is 1. The Morgan fingerprint density at radius 1 is 1.30 bits per heavy atom. The number of rotatable bonds is 5. The van der Waals surface area contributed by atoms with Gasteiger partial charge in [0.2, 0.25) is 0 Å². The molecule has 6 heteroatoms. The Labute approximate surface area is 134 Å². The van der Waals surface area contributed by atoms with E-state index in [1.807, 2.05) is 13.8 Å². The van der Waals surface area contributed by atoms with Gasteiger partial charge in [-0.3, -0.25) is 9.59 Å². The molecule has 0 saturated carbocycles. The van der Waals surface area contributed by atoms with Crippen molar-refractivity contribution in [1.29, 1.82) is 0 Å². The average Bonchev–Trinajstić information content (AvgIpc) is 2.56. The highest BCUT2D eigenvalue weighted by molar-refractivity contribution is 6.02. The molecule has 23 heavy (non-hydrogen) atoms. The molecular weight excluding hydrogens is 294 g/mol. The molecule has 2 rings (SSSR count).